The third-order valence-corrected chi connectivity index (χ3v) is 3.26. The Hall–Kier alpha value is -0.600. The minimum Gasteiger partial charge on any atom is -0.312 e. The highest BCUT2D eigenvalue weighted by Crippen LogP contribution is 2.39. The molecule has 1 aromatic heterocycles. The summed E-state index contributed by atoms with van der Waals surface area (Å²) < 4.78 is 0. The lowest BCUT2D eigenvalue weighted by molar-refractivity contribution is 0.554. The van der Waals surface area contributed by atoms with Crippen molar-refractivity contribution in [2.24, 2.45) is 0 Å². The van der Waals surface area contributed by atoms with Crippen LogP contribution < -0.4 is 5.32 Å². The highest BCUT2D eigenvalue weighted by molar-refractivity contribution is 5.85. The van der Waals surface area contributed by atoms with Gasteiger partial charge in [0.05, 0.1) is 0 Å². The molecule has 0 spiro atoms. The molecule has 1 unspecified atom stereocenters. The van der Waals surface area contributed by atoms with Crippen LogP contribution in [-0.2, 0) is 6.54 Å². The van der Waals surface area contributed by atoms with E-state index in [1.165, 1.54) is 29.8 Å². The lowest BCUT2D eigenvalue weighted by atomic mass is 9.97. The minimum absolute atomic E-state index is 0. The van der Waals surface area contributed by atoms with Crippen LogP contribution in [0.15, 0.2) is 12.1 Å². The number of pyridine rings is 1. The van der Waals surface area contributed by atoms with Crippen molar-refractivity contribution in [3.8, 4) is 0 Å². The van der Waals surface area contributed by atoms with Gasteiger partial charge in [-0.25, -0.2) is 0 Å². The Bertz CT molecular complexity index is 361. The Kier molecular flexibility index (Phi) is 2.98. The molecule has 2 aliphatic rings. The molecule has 0 bridgehead atoms. The molecule has 1 fully saturated rings. The van der Waals surface area contributed by atoms with Crippen LogP contribution in [0.1, 0.15) is 48.6 Å². The molecule has 82 valence electrons. The third kappa shape index (κ3) is 2.01. The Labute approximate surface area is 96.9 Å². The number of rotatable bonds is 1. The number of nitrogens with zero attached hydrogens (tertiary/aromatic N) is 1. The van der Waals surface area contributed by atoms with Crippen LogP contribution in [0.4, 0.5) is 0 Å². The molecule has 1 aliphatic carbocycles. The second-order valence-electron chi connectivity index (χ2n) is 4.59. The topological polar surface area (TPSA) is 24.9 Å². The van der Waals surface area contributed by atoms with Crippen molar-refractivity contribution < 1.29 is 0 Å². The molecule has 3 rings (SSSR count). The summed E-state index contributed by atoms with van der Waals surface area (Å²) in [6.45, 7) is 4.33. The van der Waals surface area contributed by atoms with Gasteiger partial charge in [-0.2, -0.15) is 0 Å². The van der Waals surface area contributed by atoms with E-state index in [9.17, 15) is 0 Å². The average Bonchev–Trinajstić information content (AvgIpc) is 3.01. The lowest BCUT2D eigenvalue weighted by Crippen LogP contribution is -2.27. The summed E-state index contributed by atoms with van der Waals surface area (Å²) in [6, 6.07) is 4.48. The summed E-state index contributed by atoms with van der Waals surface area (Å²) >= 11 is 0. The van der Waals surface area contributed by atoms with Crippen molar-refractivity contribution in [3.63, 3.8) is 0 Å². The summed E-state index contributed by atoms with van der Waals surface area (Å²) in [4.78, 5) is 4.82. The van der Waals surface area contributed by atoms with E-state index in [0.29, 0.717) is 5.92 Å². The first kappa shape index (κ1) is 10.9. The summed E-state index contributed by atoms with van der Waals surface area (Å²) in [5.74, 6) is 1.36. The molecular weight excluding hydrogens is 208 g/mol. The Morgan fingerprint density at radius 2 is 2.13 bits per heavy atom. The largest absolute Gasteiger partial charge is 0.312 e. The van der Waals surface area contributed by atoms with E-state index in [2.05, 4.69) is 24.4 Å². The van der Waals surface area contributed by atoms with Crippen LogP contribution in [0.3, 0.4) is 0 Å². The molecule has 15 heavy (non-hydrogen) atoms. The predicted octanol–water partition coefficient (Wildman–Crippen LogP) is 2.59. The van der Waals surface area contributed by atoms with E-state index < -0.39 is 0 Å². The van der Waals surface area contributed by atoms with Crippen LogP contribution in [0, 0.1) is 0 Å². The second-order valence-corrected chi connectivity index (χ2v) is 4.59. The fourth-order valence-corrected chi connectivity index (χ4v) is 2.22. The zero-order valence-corrected chi connectivity index (χ0v) is 9.81. The van der Waals surface area contributed by atoms with Crippen molar-refractivity contribution in [2.75, 3.05) is 6.54 Å². The van der Waals surface area contributed by atoms with Crippen molar-refractivity contribution in [3.05, 3.63) is 29.1 Å². The van der Waals surface area contributed by atoms with Gasteiger partial charge in [0, 0.05) is 36.3 Å². The summed E-state index contributed by atoms with van der Waals surface area (Å²) in [5.41, 5.74) is 4.07. The SMILES string of the molecule is CC1CNCc2ccc(C3CC3)nc21.Cl. The fourth-order valence-electron chi connectivity index (χ4n) is 2.22. The molecule has 0 radical (unpaired) electrons. The van der Waals surface area contributed by atoms with Crippen LogP contribution in [-0.4, -0.2) is 11.5 Å². The normalized spacial score (nSPS) is 24.2. The maximum Gasteiger partial charge on any atom is 0.0492 e. The van der Waals surface area contributed by atoms with E-state index in [1.54, 1.807) is 0 Å². The summed E-state index contributed by atoms with van der Waals surface area (Å²) in [6.07, 6.45) is 2.69. The maximum absolute atomic E-state index is 4.82. The molecule has 2 nitrogen and oxygen atoms in total. The Balaban J connectivity index is 0.000000853. The third-order valence-electron chi connectivity index (χ3n) is 3.26. The number of halogens is 1. The average molecular weight is 225 g/mol. The minimum atomic E-state index is 0. The number of hydrogen-bond donors (Lipinski definition) is 1. The van der Waals surface area contributed by atoms with Gasteiger partial charge in [0.2, 0.25) is 0 Å². The molecule has 0 saturated heterocycles. The lowest BCUT2D eigenvalue weighted by Gasteiger charge is -2.22. The molecule has 1 aliphatic heterocycles. The van der Waals surface area contributed by atoms with Gasteiger partial charge in [0.15, 0.2) is 0 Å². The van der Waals surface area contributed by atoms with Gasteiger partial charge in [-0.15, -0.1) is 12.4 Å². The van der Waals surface area contributed by atoms with Crippen molar-refractivity contribution >= 4 is 12.4 Å². The van der Waals surface area contributed by atoms with Gasteiger partial charge in [0.1, 0.15) is 0 Å². The Morgan fingerprint density at radius 1 is 1.33 bits per heavy atom. The zero-order chi connectivity index (χ0) is 9.54. The van der Waals surface area contributed by atoms with E-state index in [1.807, 2.05) is 0 Å². The van der Waals surface area contributed by atoms with E-state index in [0.717, 1.165) is 19.0 Å². The number of aromatic nitrogens is 1. The van der Waals surface area contributed by atoms with Gasteiger partial charge in [-0.05, 0) is 24.5 Å². The quantitative estimate of drug-likeness (QED) is 0.793. The number of hydrogen-bond acceptors (Lipinski definition) is 2. The van der Waals surface area contributed by atoms with Crippen LogP contribution >= 0.6 is 12.4 Å². The molecule has 1 atom stereocenters. The van der Waals surface area contributed by atoms with Crippen LogP contribution in [0.2, 0.25) is 0 Å². The molecule has 0 amide bonds. The first-order chi connectivity index (χ1) is 6.84. The van der Waals surface area contributed by atoms with Gasteiger partial charge in [-0.1, -0.05) is 13.0 Å². The highest BCUT2D eigenvalue weighted by Gasteiger charge is 2.27. The van der Waals surface area contributed by atoms with Crippen LogP contribution in [0.5, 0.6) is 0 Å². The molecule has 1 saturated carbocycles. The second kappa shape index (κ2) is 4.11. The first-order valence-corrected chi connectivity index (χ1v) is 5.55. The van der Waals surface area contributed by atoms with Gasteiger partial charge < -0.3 is 5.32 Å². The van der Waals surface area contributed by atoms with Gasteiger partial charge >= 0.3 is 0 Å². The highest BCUT2D eigenvalue weighted by atomic mass is 35.5. The first-order valence-electron chi connectivity index (χ1n) is 5.55. The van der Waals surface area contributed by atoms with E-state index in [4.69, 9.17) is 4.98 Å². The molecular formula is C12H17ClN2. The molecule has 1 N–H and O–H groups in total. The number of nitrogens with one attached hydrogen (secondary N) is 1. The number of fused-ring (bicyclic) bond motifs is 1. The maximum atomic E-state index is 4.82. The predicted molar refractivity (Wildman–Crippen MR) is 63.6 cm³/mol. The fraction of sp³-hybridized carbons (Fsp3) is 0.583. The van der Waals surface area contributed by atoms with E-state index in [-0.39, 0.29) is 12.4 Å². The molecule has 2 heterocycles. The molecule has 1 aromatic rings. The van der Waals surface area contributed by atoms with Crippen molar-refractivity contribution in [1.29, 1.82) is 0 Å². The monoisotopic (exact) mass is 224 g/mol. The van der Waals surface area contributed by atoms with Gasteiger partial charge in [-0.3, -0.25) is 4.98 Å². The standard InChI is InChI=1S/C12H16N2.ClH/c1-8-6-13-7-10-4-5-11(9-2-3-9)14-12(8)10;/h4-5,8-9,13H,2-3,6-7H2,1H3;1H. The summed E-state index contributed by atoms with van der Waals surface area (Å²) in [7, 11) is 0. The molecule has 0 aromatic carbocycles. The van der Waals surface area contributed by atoms with Crippen molar-refractivity contribution in [2.45, 2.75) is 38.1 Å². The Morgan fingerprint density at radius 3 is 2.87 bits per heavy atom. The smallest absolute Gasteiger partial charge is 0.0492 e. The zero-order valence-electron chi connectivity index (χ0n) is 8.99. The van der Waals surface area contributed by atoms with Gasteiger partial charge in [0.25, 0.3) is 0 Å². The van der Waals surface area contributed by atoms with Crippen molar-refractivity contribution in [1.82, 2.24) is 10.3 Å². The summed E-state index contributed by atoms with van der Waals surface area (Å²) in [5, 5.41) is 3.42. The van der Waals surface area contributed by atoms with Crippen LogP contribution in [0.25, 0.3) is 0 Å². The van der Waals surface area contributed by atoms with E-state index >= 15 is 0 Å². The molecule has 3 heteroatoms.